The Kier molecular flexibility index (Phi) is 3.93. The number of aromatic nitrogens is 2. The minimum absolute atomic E-state index is 0.116. The van der Waals surface area contributed by atoms with Crippen molar-refractivity contribution in [2.45, 2.75) is 26.3 Å². The zero-order chi connectivity index (χ0) is 13.1. The van der Waals surface area contributed by atoms with E-state index < -0.39 is 0 Å². The molecule has 2 rings (SSSR count). The van der Waals surface area contributed by atoms with Crippen LogP contribution in [0.4, 0.5) is 0 Å². The molecular weight excluding hydrogens is 246 g/mol. The van der Waals surface area contributed by atoms with Crippen LogP contribution in [0.25, 0.3) is 0 Å². The van der Waals surface area contributed by atoms with E-state index in [0.717, 1.165) is 28.3 Å². The number of aryl methyl sites for hydroxylation is 1. The Bertz CT molecular complexity index is 525. The Labute approximate surface area is 111 Å². The predicted octanol–water partition coefficient (Wildman–Crippen LogP) is 2.41. The average Bonchev–Trinajstić information content (AvgIpc) is 2.87. The lowest BCUT2D eigenvalue weighted by Gasteiger charge is -2.14. The molecule has 0 saturated carbocycles. The summed E-state index contributed by atoms with van der Waals surface area (Å²) in [5.41, 5.74) is 11.9. The van der Waals surface area contributed by atoms with Crippen molar-refractivity contribution in [3.05, 3.63) is 39.6 Å². The number of nitrogens with zero attached hydrogens (tertiary/aromatic N) is 2. The average molecular weight is 263 g/mol. The third-order valence-corrected chi connectivity index (χ3v) is 3.60. The van der Waals surface area contributed by atoms with Gasteiger partial charge in [-0.2, -0.15) is 0 Å². The lowest BCUT2D eigenvalue weighted by Crippen LogP contribution is -2.15. The second-order valence-electron chi connectivity index (χ2n) is 4.27. The zero-order valence-corrected chi connectivity index (χ0v) is 11.6. The van der Waals surface area contributed by atoms with E-state index in [1.54, 1.807) is 24.0 Å². The SMILES string of the molecule is COc1c(C)cnc(CC(N)c2cscn2)c1C. The van der Waals surface area contributed by atoms with Crippen molar-refractivity contribution in [3.8, 4) is 5.75 Å². The van der Waals surface area contributed by atoms with Gasteiger partial charge in [0.2, 0.25) is 0 Å². The number of thiazole rings is 1. The molecule has 1 atom stereocenters. The summed E-state index contributed by atoms with van der Waals surface area (Å²) in [7, 11) is 1.68. The third-order valence-electron chi connectivity index (χ3n) is 2.99. The smallest absolute Gasteiger partial charge is 0.128 e. The Balaban J connectivity index is 2.24. The molecule has 0 amide bonds. The van der Waals surface area contributed by atoms with E-state index in [1.165, 1.54) is 0 Å². The van der Waals surface area contributed by atoms with Gasteiger partial charge in [-0.1, -0.05) is 0 Å². The molecule has 0 spiro atoms. The summed E-state index contributed by atoms with van der Waals surface area (Å²) in [6.45, 7) is 4.00. The van der Waals surface area contributed by atoms with Gasteiger partial charge in [0, 0.05) is 34.8 Å². The number of rotatable bonds is 4. The molecule has 0 aromatic carbocycles. The van der Waals surface area contributed by atoms with Gasteiger partial charge in [0.25, 0.3) is 0 Å². The van der Waals surface area contributed by atoms with Gasteiger partial charge in [0.05, 0.1) is 24.4 Å². The highest BCUT2D eigenvalue weighted by Gasteiger charge is 2.14. The van der Waals surface area contributed by atoms with E-state index in [9.17, 15) is 0 Å². The number of pyridine rings is 1. The standard InChI is InChI=1S/C13H17N3OS/c1-8-5-15-11(9(2)13(8)17-3)4-10(14)12-6-18-7-16-12/h5-7,10H,4,14H2,1-3H3. The molecule has 2 aromatic heterocycles. The minimum atomic E-state index is -0.116. The summed E-state index contributed by atoms with van der Waals surface area (Å²) in [5, 5.41) is 1.98. The highest BCUT2D eigenvalue weighted by Crippen LogP contribution is 2.26. The van der Waals surface area contributed by atoms with Gasteiger partial charge < -0.3 is 10.5 Å². The van der Waals surface area contributed by atoms with Gasteiger partial charge in [-0.15, -0.1) is 11.3 Å². The maximum absolute atomic E-state index is 6.13. The van der Waals surface area contributed by atoms with Crippen LogP contribution < -0.4 is 10.5 Å². The zero-order valence-electron chi connectivity index (χ0n) is 10.8. The first-order valence-corrected chi connectivity index (χ1v) is 6.70. The quantitative estimate of drug-likeness (QED) is 0.920. The fraction of sp³-hybridized carbons (Fsp3) is 0.385. The van der Waals surface area contributed by atoms with E-state index in [1.807, 2.05) is 25.4 Å². The van der Waals surface area contributed by atoms with Crippen LogP contribution >= 0.6 is 11.3 Å². The van der Waals surface area contributed by atoms with Crippen molar-refractivity contribution in [1.82, 2.24) is 9.97 Å². The van der Waals surface area contributed by atoms with Crippen molar-refractivity contribution < 1.29 is 4.74 Å². The first-order chi connectivity index (χ1) is 8.63. The third kappa shape index (κ3) is 2.52. The van der Waals surface area contributed by atoms with E-state index in [4.69, 9.17) is 10.5 Å². The van der Waals surface area contributed by atoms with Crippen LogP contribution in [-0.4, -0.2) is 17.1 Å². The molecule has 4 nitrogen and oxygen atoms in total. The minimum Gasteiger partial charge on any atom is -0.496 e. The Hall–Kier alpha value is -1.46. The highest BCUT2D eigenvalue weighted by atomic mass is 32.1. The van der Waals surface area contributed by atoms with Crippen molar-refractivity contribution in [3.63, 3.8) is 0 Å². The number of hydrogen-bond acceptors (Lipinski definition) is 5. The summed E-state index contributed by atoms with van der Waals surface area (Å²) < 4.78 is 5.39. The van der Waals surface area contributed by atoms with Crippen molar-refractivity contribution in [2.24, 2.45) is 5.73 Å². The first kappa shape index (κ1) is 13.0. The molecule has 1 unspecified atom stereocenters. The monoisotopic (exact) mass is 263 g/mol. The largest absolute Gasteiger partial charge is 0.496 e. The van der Waals surface area contributed by atoms with Crippen molar-refractivity contribution in [1.29, 1.82) is 0 Å². The summed E-state index contributed by atoms with van der Waals surface area (Å²) in [4.78, 5) is 8.69. The lowest BCUT2D eigenvalue weighted by atomic mass is 10.0. The summed E-state index contributed by atoms with van der Waals surface area (Å²) in [6, 6.07) is -0.116. The molecule has 2 heterocycles. The van der Waals surface area contributed by atoms with Crippen molar-refractivity contribution in [2.75, 3.05) is 7.11 Å². The summed E-state index contributed by atoms with van der Waals surface area (Å²) in [6.07, 6.45) is 2.50. The van der Waals surface area contributed by atoms with Crippen LogP contribution in [0.2, 0.25) is 0 Å². The van der Waals surface area contributed by atoms with Crippen LogP contribution in [0, 0.1) is 13.8 Å². The second kappa shape index (κ2) is 5.46. The lowest BCUT2D eigenvalue weighted by molar-refractivity contribution is 0.406. The molecule has 18 heavy (non-hydrogen) atoms. The number of ether oxygens (including phenoxy) is 1. The molecule has 0 aliphatic carbocycles. The Morgan fingerprint density at radius 1 is 1.39 bits per heavy atom. The van der Waals surface area contributed by atoms with E-state index in [-0.39, 0.29) is 6.04 Å². The second-order valence-corrected chi connectivity index (χ2v) is 4.99. The predicted molar refractivity (Wildman–Crippen MR) is 73.0 cm³/mol. The molecule has 0 saturated heterocycles. The topological polar surface area (TPSA) is 61.0 Å². The fourth-order valence-corrected chi connectivity index (χ4v) is 2.61. The van der Waals surface area contributed by atoms with Gasteiger partial charge in [-0.05, 0) is 13.8 Å². The van der Waals surface area contributed by atoms with Crippen molar-refractivity contribution >= 4 is 11.3 Å². The number of hydrogen-bond donors (Lipinski definition) is 1. The molecule has 0 fully saturated rings. The van der Waals surface area contributed by atoms with Crippen LogP contribution in [0.3, 0.4) is 0 Å². The maximum atomic E-state index is 6.13. The molecule has 0 aliphatic rings. The molecule has 2 N–H and O–H groups in total. The number of methoxy groups -OCH3 is 1. The van der Waals surface area contributed by atoms with Gasteiger partial charge in [0.1, 0.15) is 5.75 Å². The molecule has 0 radical (unpaired) electrons. The van der Waals surface area contributed by atoms with Crippen LogP contribution in [0.5, 0.6) is 5.75 Å². The highest BCUT2D eigenvalue weighted by molar-refractivity contribution is 7.07. The van der Waals surface area contributed by atoms with E-state index in [0.29, 0.717) is 6.42 Å². The molecule has 96 valence electrons. The summed E-state index contributed by atoms with van der Waals surface area (Å²) in [5.74, 6) is 0.894. The molecule has 5 heteroatoms. The fourth-order valence-electron chi connectivity index (χ4n) is 1.99. The molecule has 0 aliphatic heterocycles. The van der Waals surface area contributed by atoms with Gasteiger partial charge in [0.15, 0.2) is 0 Å². The van der Waals surface area contributed by atoms with E-state index >= 15 is 0 Å². The number of nitrogens with two attached hydrogens (primary N) is 1. The maximum Gasteiger partial charge on any atom is 0.128 e. The normalized spacial score (nSPS) is 12.4. The molecule has 2 aromatic rings. The van der Waals surface area contributed by atoms with Gasteiger partial charge >= 0.3 is 0 Å². The van der Waals surface area contributed by atoms with Crippen LogP contribution in [0.1, 0.15) is 28.6 Å². The van der Waals surface area contributed by atoms with E-state index in [2.05, 4.69) is 9.97 Å². The Morgan fingerprint density at radius 2 is 2.17 bits per heavy atom. The summed E-state index contributed by atoms with van der Waals surface area (Å²) >= 11 is 1.56. The van der Waals surface area contributed by atoms with Crippen LogP contribution in [0.15, 0.2) is 17.1 Å². The van der Waals surface area contributed by atoms with Gasteiger partial charge in [-0.25, -0.2) is 4.98 Å². The molecule has 0 bridgehead atoms. The first-order valence-electron chi connectivity index (χ1n) is 5.76. The van der Waals surface area contributed by atoms with Gasteiger partial charge in [-0.3, -0.25) is 4.98 Å². The van der Waals surface area contributed by atoms with Crippen LogP contribution in [-0.2, 0) is 6.42 Å². The molecular formula is C13H17N3OS. The Morgan fingerprint density at radius 3 is 2.78 bits per heavy atom.